The highest BCUT2D eigenvalue weighted by Crippen LogP contribution is 2.44. The van der Waals surface area contributed by atoms with Crippen molar-refractivity contribution < 1.29 is 4.79 Å². The Balaban J connectivity index is 2.35. The minimum atomic E-state index is 0.199. The van der Waals surface area contributed by atoms with Gasteiger partial charge in [-0.15, -0.1) is 22.9 Å². The Bertz CT molecular complexity index is 502. The number of allylic oxidation sites excluding steroid dienone is 4. The van der Waals surface area contributed by atoms with Crippen LogP contribution in [0.5, 0.6) is 0 Å². The average Bonchev–Trinajstić information content (AvgIpc) is 2.81. The Kier molecular flexibility index (Phi) is 4.23. The monoisotopic (exact) mass is 330 g/mol. The van der Waals surface area contributed by atoms with Gasteiger partial charge in [0.15, 0.2) is 5.78 Å². The molecule has 0 spiro atoms. The number of hydrogen-bond donors (Lipinski definition) is 0. The third kappa shape index (κ3) is 2.56. The van der Waals surface area contributed by atoms with Crippen LogP contribution in [0.15, 0.2) is 33.7 Å². The van der Waals surface area contributed by atoms with Gasteiger partial charge in [0.2, 0.25) is 0 Å². The summed E-state index contributed by atoms with van der Waals surface area (Å²) in [6, 6.07) is 2.06. The van der Waals surface area contributed by atoms with E-state index >= 15 is 0 Å². The Hall–Kier alpha value is -0.380. The van der Waals surface area contributed by atoms with Crippen molar-refractivity contribution in [3.05, 3.63) is 44.1 Å². The summed E-state index contributed by atoms with van der Waals surface area (Å²) in [6.07, 6.45) is 6.58. The Morgan fingerprint density at radius 1 is 1.71 bits per heavy atom. The maximum absolute atomic E-state index is 11.9. The lowest BCUT2D eigenvalue weighted by atomic mass is 9.93. The predicted molar refractivity (Wildman–Crippen MR) is 77.3 cm³/mol. The van der Waals surface area contributed by atoms with Crippen LogP contribution in [0.3, 0.4) is 0 Å². The van der Waals surface area contributed by atoms with Crippen LogP contribution < -0.4 is 0 Å². The summed E-state index contributed by atoms with van der Waals surface area (Å²) in [7, 11) is 0. The fourth-order valence-electron chi connectivity index (χ4n) is 2.13. The first-order valence-corrected chi connectivity index (χ1v) is 7.53. The number of fused-ring (bicyclic) bond motifs is 1. The molecule has 1 aliphatic carbocycles. The molecule has 2 rings (SSSR count). The molecule has 1 aromatic heterocycles. The second-order valence-corrected chi connectivity index (χ2v) is 6.60. The van der Waals surface area contributed by atoms with E-state index in [0.29, 0.717) is 12.3 Å². The molecule has 1 unspecified atom stereocenters. The lowest BCUT2D eigenvalue weighted by Crippen LogP contribution is -1.97. The van der Waals surface area contributed by atoms with Gasteiger partial charge in [0.05, 0.1) is 8.66 Å². The molecule has 1 nitrogen and oxygen atoms in total. The van der Waals surface area contributed by atoms with Gasteiger partial charge < -0.3 is 0 Å². The van der Waals surface area contributed by atoms with Crippen LogP contribution in [0.2, 0.25) is 0 Å². The Morgan fingerprint density at radius 2 is 2.47 bits per heavy atom. The van der Waals surface area contributed by atoms with Crippen molar-refractivity contribution >= 4 is 44.7 Å². The van der Waals surface area contributed by atoms with Crippen molar-refractivity contribution in [1.29, 1.82) is 0 Å². The lowest BCUT2D eigenvalue weighted by molar-refractivity contribution is 0.0994. The number of hydrogen-bond acceptors (Lipinski definition) is 2. The smallest absolute Gasteiger partial charge is 0.174 e. The second kappa shape index (κ2) is 5.51. The van der Waals surface area contributed by atoms with Gasteiger partial charge in [-0.2, -0.15) is 0 Å². The number of ketones is 1. The van der Waals surface area contributed by atoms with Crippen molar-refractivity contribution in [2.45, 2.75) is 19.3 Å². The number of thiophene rings is 1. The van der Waals surface area contributed by atoms with Crippen LogP contribution in [0.4, 0.5) is 0 Å². The standard InChI is InChI=1S/C13H12BrClOS/c1-2-8(4-3-5-15)9-6-11(16)13-10(9)7-12(14)17-13/h2-4,7,9H,5-6H2,1H3/b4-3-,8-2+. The lowest BCUT2D eigenvalue weighted by Gasteiger charge is -2.10. The van der Waals surface area contributed by atoms with Gasteiger partial charge in [-0.05, 0) is 40.1 Å². The first kappa shape index (κ1) is 13.1. The van der Waals surface area contributed by atoms with E-state index in [0.717, 1.165) is 14.2 Å². The highest BCUT2D eigenvalue weighted by Gasteiger charge is 2.32. The van der Waals surface area contributed by atoms with Crippen molar-refractivity contribution in [2.24, 2.45) is 0 Å². The number of carbonyl (C=O) groups is 1. The molecule has 0 N–H and O–H groups in total. The quantitative estimate of drug-likeness (QED) is 0.567. The predicted octanol–water partition coefficient (Wildman–Crippen LogP) is 4.92. The van der Waals surface area contributed by atoms with E-state index in [1.54, 1.807) is 0 Å². The zero-order valence-electron chi connectivity index (χ0n) is 9.37. The number of carbonyl (C=O) groups excluding carboxylic acids is 1. The molecule has 1 aliphatic rings. The summed E-state index contributed by atoms with van der Waals surface area (Å²) in [5, 5.41) is 0. The van der Waals surface area contributed by atoms with Crippen LogP contribution in [-0.4, -0.2) is 11.7 Å². The van der Waals surface area contributed by atoms with E-state index in [4.69, 9.17) is 11.6 Å². The summed E-state index contributed by atoms with van der Waals surface area (Å²) in [4.78, 5) is 12.8. The molecule has 0 aromatic carbocycles. The van der Waals surface area contributed by atoms with Crippen molar-refractivity contribution in [2.75, 3.05) is 5.88 Å². The summed E-state index contributed by atoms with van der Waals surface area (Å²) in [5.74, 6) is 0.946. The molecule has 0 radical (unpaired) electrons. The van der Waals surface area contributed by atoms with Crippen LogP contribution in [0.1, 0.15) is 34.5 Å². The summed E-state index contributed by atoms with van der Waals surface area (Å²) >= 11 is 10.6. The second-order valence-electron chi connectivity index (χ2n) is 3.86. The molecule has 17 heavy (non-hydrogen) atoms. The molecular formula is C13H12BrClOS. The molecule has 4 heteroatoms. The molecule has 0 saturated heterocycles. The van der Waals surface area contributed by atoms with Crippen LogP contribution in [-0.2, 0) is 0 Å². The molecular weight excluding hydrogens is 320 g/mol. The molecule has 1 aromatic rings. The minimum absolute atomic E-state index is 0.199. The first-order valence-electron chi connectivity index (χ1n) is 5.38. The van der Waals surface area contributed by atoms with Gasteiger partial charge in [0, 0.05) is 18.2 Å². The molecule has 90 valence electrons. The van der Waals surface area contributed by atoms with E-state index in [1.165, 1.54) is 16.9 Å². The molecule has 1 heterocycles. The molecule has 0 amide bonds. The zero-order valence-corrected chi connectivity index (χ0v) is 12.5. The van der Waals surface area contributed by atoms with Crippen molar-refractivity contribution in [1.82, 2.24) is 0 Å². The third-order valence-corrected chi connectivity index (χ3v) is 4.76. The topological polar surface area (TPSA) is 17.1 Å². The van der Waals surface area contributed by atoms with Gasteiger partial charge in [0.1, 0.15) is 0 Å². The molecule has 0 fully saturated rings. The zero-order chi connectivity index (χ0) is 12.4. The number of halogens is 2. The highest BCUT2D eigenvalue weighted by atomic mass is 79.9. The average molecular weight is 332 g/mol. The van der Waals surface area contributed by atoms with E-state index in [9.17, 15) is 4.79 Å². The molecule has 0 saturated carbocycles. The Labute approximate surface area is 118 Å². The largest absolute Gasteiger partial charge is 0.293 e. The third-order valence-electron chi connectivity index (χ3n) is 2.88. The maximum atomic E-state index is 11.9. The van der Waals surface area contributed by atoms with E-state index in [1.807, 2.05) is 19.1 Å². The first-order chi connectivity index (χ1) is 8.17. The van der Waals surface area contributed by atoms with E-state index in [-0.39, 0.29) is 11.7 Å². The minimum Gasteiger partial charge on any atom is -0.293 e. The normalized spacial score (nSPS) is 20.3. The molecule has 0 bridgehead atoms. The van der Waals surface area contributed by atoms with Gasteiger partial charge in [0.25, 0.3) is 0 Å². The molecule has 1 atom stereocenters. The number of Topliss-reactive ketones (excluding diaryl/α,β-unsaturated/α-hetero) is 1. The van der Waals surface area contributed by atoms with E-state index in [2.05, 4.69) is 28.1 Å². The van der Waals surface area contributed by atoms with Gasteiger partial charge >= 0.3 is 0 Å². The Morgan fingerprint density at radius 3 is 3.12 bits per heavy atom. The summed E-state index contributed by atoms with van der Waals surface area (Å²) in [5.41, 5.74) is 2.32. The number of alkyl halides is 1. The van der Waals surface area contributed by atoms with Crippen LogP contribution in [0.25, 0.3) is 0 Å². The van der Waals surface area contributed by atoms with E-state index < -0.39 is 0 Å². The van der Waals surface area contributed by atoms with Crippen molar-refractivity contribution in [3.8, 4) is 0 Å². The molecule has 0 aliphatic heterocycles. The summed E-state index contributed by atoms with van der Waals surface area (Å²) < 4.78 is 1.03. The highest BCUT2D eigenvalue weighted by molar-refractivity contribution is 9.11. The maximum Gasteiger partial charge on any atom is 0.174 e. The SMILES string of the molecule is C/C=C(\C=C/CCl)C1CC(=O)c2sc(Br)cc21. The van der Waals surface area contributed by atoms with Gasteiger partial charge in [-0.3, -0.25) is 4.79 Å². The summed E-state index contributed by atoms with van der Waals surface area (Å²) in [6.45, 7) is 2.00. The van der Waals surface area contributed by atoms with Crippen LogP contribution >= 0.6 is 38.9 Å². The van der Waals surface area contributed by atoms with Crippen molar-refractivity contribution in [3.63, 3.8) is 0 Å². The number of rotatable bonds is 3. The fraction of sp³-hybridized carbons (Fsp3) is 0.308. The van der Waals surface area contributed by atoms with Gasteiger partial charge in [-0.1, -0.05) is 18.2 Å². The fourth-order valence-corrected chi connectivity index (χ4v) is 3.85. The van der Waals surface area contributed by atoms with Gasteiger partial charge in [-0.25, -0.2) is 0 Å². The van der Waals surface area contributed by atoms with Crippen LogP contribution in [0, 0.1) is 0 Å².